The predicted octanol–water partition coefficient (Wildman–Crippen LogP) is 6.31. The lowest BCUT2D eigenvalue weighted by molar-refractivity contribution is -0.139. The topological polar surface area (TPSA) is 96.0 Å². The standard InChI is InChI=1S/C35H39N3O5S/c1-5-27(3)36-35(40)28(4)37(24-29-14-12-13-26(2)23-29)34(39)25-38(44(41,42)33-17-10-7-11-18-33)30-19-21-32(22-20-30)43-31-15-8-6-9-16-31/h6-23,27-28H,5,24-25H2,1-4H3,(H,36,40). The van der Waals surface area contributed by atoms with Crippen LogP contribution in [0.4, 0.5) is 5.69 Å². The largest absolute Gasteiger partial charge is 0.457 e. The highest BCUT2D eigenvalue weighted by molar-refractivity contribution is 7.92. The highest BCUT2D eigenvalue weighted by Crippen LogP contribution is 2.28. The molecule has 0 aliphatic heterocycles. The number of benzene rings is 4. The average Bonchev–Trinajstić information content (AvgIpc) is 3.03. The molecule has 44 heavy (non-hydrogen) atoms. The van der Waals surface area contributed by atoms with Crippen LogP contribution in [0.5, 0.6) is 11.5 Å². The zero-order chi connectivity index (χ0) is 31.7. The lowest BCUT2D eigenvalue weighted by atomic mass is 10.1. The van der Waals surface area contributed by atoms with Crippen LogP contribution in [0.1, 0.15) is 38.3 Å². The maximum absolute atomic E-state index is 14.1. The van der Waals surface area contributed by atoms with Crippen molar-refractivity contribution >= 4 is 27.5 Å². The Kier molecular flexibility index (Phi) is 10.8. The molecule has 8 nitrogen and oxygen atoms in total. The Bertz CT molecular complexity index is 1650. The fourth-order valence-corrected chi connectivity index (χ4v) is 6.04. The summed E-state index contributed by atoms with van der Waals surface area (Å²) in [7, 11) is -4.16. The van der Waals surface area contributed by atoms with Crippen LogP contribution in [0.2, 0.25) is 0 Å². The van der Waals surface area contributed by atoms with E-state index < -0.39 is 28.5 Å². The third kappa shape index (κ3) is 8.26. The van der Waals surface area contributed by atoms with Crippen molar-refractivity contribution in [3.8, 4) is 11.5 Å². The van der Waals surface area contributed by atoms with Gasteiger partial charge in [0.25, 0.3) is 10.0 Å². The molecule has 2 unspecified atom stereocenters. The van der Waals surface area contributed by atoms with Crippen LogP contribution < -0.4 is 14.4 Å². The third-order valence-electron chi connectivity index (χ3n) is 7.32. The van der Waals surface area contributed by atoms with Gasteiger partial charge >= 0.3 is 0 Å². The van der Waals surface area contributed by atoms with E-state index in [4.69, 9.17) is 4.74 Å². The van der Waals surface area contributed by atoms with Crippen molar-refractivity contribution in [1.29, 1.82) is 0 Å². The third-order valence-corrected chi connectivity index (χ3v) is 9.11. The number of anilines is 1. The quantitative estimate of drug-likeness (QED) is 0.191. The molecular formula is C35H39N3O5S. The van der Waals surface area contributed by atoms with Crippen LogP contribution in [0.3, 0.4) is 0 Å². The lowest BCUT2D eigenvalue weighted by Crippen LogP contribution is -2.52. The van der Waals surface area contributed by atoms with Gasteiger partial charge in [-0.05, 0) is 81.3 Å². The van der Waals surface area contributed by atoms with Crippen LogP contribution in [0.15, 0.2) is 114 Å². The summed E-state index contributed by atoms with van der Waals surface area (Å²) in [6.07, 6.45) is 0.733. The molecule has 0 fully saturated rings. The SMILES string of the molecule is CCC(C)NC(=O)C(C)N(Cc1cccc(C)c1)C(=O)CN(c1ccc(Oc2ccccc2)cc1)S(=O)(=O)c1ccccc1. The Morgan fingerprint density at radius 1 is 0.818 bits per heavy atom. The van der Waals surface area contributed by atoms with Gasteiger partial charge in [0.15, 0.2) is 0 Å². The second-order valence-electron chi connectivity index (χ2n) is 10.7. The number of rotatable bonds is 13. The molecule has 0 saturated carbocycles. The van der Waals surface area contributed by atoms with E-state index in [1.807, 2.05) is 75.4 Å². The Hall–Kier alpha value is -4.63. The first-order chi connectivity index (χ1) is 21.1. The van der Waals surface area contributed by atoms with Crippen LogP contribution >= 0.6 is 0 Å². The van der Waals surface area contributed by atoms with Crippen molar-refractivity contribution in [3.05, 3.63) is 120 Å². The van der Waals surface area contributed by atoms with Crippen molar-refractivity contribution in [2.24, 2.45) is 0 Å². The van der Waals surface area contributed by atoms with Crippen molar-refractivity contribution in [2.75, 3.05) is 10.8 Å². The van der Waals surface area contributed by atoms with Crippen molar-refractivity contribution in [3.63, 3.8) is 0 Å². The van der Waals surface area contributed by atoms with Gasteiger partial charge in [0.2, 0.25) is 11.8 Å². The number of amides is 2. The molecule has 4 aromatic carbocycles. The molecule has 230 valence electrons. The number of sulfonamides is 1. The molecule has 2 atom stereocenters. The lowest BCUT2D eigenvalue weighted by Gasteiger charge is -2.32. The minimum Gasteiger partial charge on any atom is -0.457 e. The first-order valence-corrected chi connectivity index (χ1v) is 16.1. The average molecular weight is 614 g/mol. The molecule has 1 N–H and O–H groups in total. The van der Waals surface area contributed by atoms with Gasteiger partial charge in [0.05, 0.1) is 10.6 Å². The molecule has 0 aliphatic carbocycles. The Labute approximate surface area is 260 Å². The summed E-state index contributed by atoms with van der Waals surface area (Å²) < 4.78 is 35.0. The summed E-state index contributed by atoms with van der Waals surface area (Å²) in [5, 5.41) is 2.95. The van der Waals surface area contributed by atoms with E-state index in [-0.39, 0.29) is 29.1 Å². The zero-order valence-electron chi connectivity index (χ0n) is 25.5. The number of para-hydroxylation sites is 1. The van der Waals surface area contributed by atoms with E-state index >= 15 is 0 Å². The maximum Gasteiger partial charge on any atom is 0.264 e. The van der Waals surface area contributed by atoms with Crippen molar-refractivity contribution < 1.29 is 22.7 Å². The monoisotopic (exact) mass is 613 g/mol. The number of nitrogens with zero attached hydrogens (tertiary/aromatic N) is 2. The molecule has 0 aliphatic rings. The van der Waals surface area contributed by atoms with Gasteiger partial charge in [0, 0.05) is 12.6 Å². The molecule has 4 aromatic rings. The molecule has 9 heteroatoms. The number of nitrogens with one attached hydrogen (secondary N) is 1. The number of ether oxygens (including phenoxy) is 1. The van der Waals surface area contributed by atoms with E-state index in [1.54, 1.807) is 49.4 Å². The van der Waals surface area contributed by atoms with Gasteiger partial charge in [-0.1, -0.05) is 73.2 Å². The van der Waals surface area contributed by atoms with E-state index in [0.29, 0.717) is 11.5 Å². The normalized spacial score (nSPS) is 12.5. The number of aryl methyl sites for hydroxylation is 1. The highest BCUT2D eigenvalue weighted by Gasteiger charge is 2.32. The van der Waals surface area contributed by atoms with Gasteiger partial charge in [0.1, 0.15) is 24.1 Å². The molecule has 0 aromatic heterocycles. The summed E-state index contributed by atoms with van der Waals surface area (Å²) >= 11 is 0. The number of carbonyl (C=O) groups excluding carboxylic acids is 2. The van der Waals surface area contributed by atoms with Gasteiger partial charge in [-0.3, -0.25) is 13.9 Å². The van der Waals surface area contributed by atoms with E-state index in [0.717, 1.165) is 21.9 Å². The minimum absolute atomic E-state index is 0.0465. The molecule has 0 spiro atoms. The summed E-state index contributed by atoms with van der Waals surface area (Å²) in [6, 6.07) is 30.5. The fraction of sp³-hybridized carbons (Fsp3) is 0.257. The summed E-state index contributed by atoms with van der Waals surface area (Å²) in [5.74, 6) is 0.336. The predicted molar refractivity (Wildman–Crippen MR) is 173 cm³/mol. The second-order valence-corrected chi connectivity index (χ2v) is 12.6. The van der Waals surface area contributed by atoms with Gasteiger partial charge in [-0.25, -0.2) is 8.42 Å². The molecule has 0 radical (unpaired) electrons. The Balaban J connectivity index is 1.69. The first kappa shape index (κ1) is 32.3. The van der Waals surface area contributed by atoms with E-state index in [9.17, 15) is 18.0 Å². The zero-order valence-corrected chi connectivity index (χ0v) is 26.3. The van der Waals surface area contributed by atoms with Crippen LogP contribution in [-0.2, 0) is 26.2 Å². The summed E-state index contributed by atoms with van der Waals surface area (Å²) in [5.41, 5.74) is 2.13. The highest BCUT2D eigenvalue weighted by atomic mass is 32.2. The first-order valence-electron chi connectivity index (χ1n) is 14.6. The van der Waals surface area contributed by atoms with Crippen LogP contribution in [0, 0.1) is 6.92 Å². The molecule has 2 amide bonds. The summed E-state index contributed by atoms with van der Waals surface area (Å²) in [6.45, 7) is 7.11. The van der Waals surface area contributed by atoms with Gasteiger partial charge < -0.3 is 15.0 Å². The van der Waals surface area contributed by atoms with Crippen LogP contribution in [0.25, 0.3) is 0 Å². The number of hydrogen-bond acceptors (Lipinski definition) is 5. The summed E-state index contributed by atoms with van der Waals surface area (Å²) in [4.78, 5) is 28.8. The number of carbonyl (C=O) groups is 2. The van der Waals surface area contributed by atoms with Gasteiger partial charge in [-0.15, -0.1) is 0 Å². The van der Waals surface area contributed by atoms with Crippen LogP contribution in [-0.4, -0.2) is 43.8 Å². The maximum atomic E-state index is 14.1. The van der Waals surface area contributed by atoms with E-state index in [1.165, 1.54) is 17.0 Å². The minimum atomic E-state index is -4.16. The van der Waals surface area contributed by atoms with Crippen molar-refractivity contribution in [1.82, 2.24) is 10.2 Å². The fourth-order valence-electron chi connectivity index (χ4n) is 4.61. The Morgan fingerprint density at radius 3 is 2.05 bits per heavy atom. The number of hydrogen-bond donors (Lipinski definition) is 1. The molecule has 4 rings (SSSR count). The molecule has 0 heterocycles. The van der Waals surface area contributed by atoms with Crippen molar-refractivity contribution in [2.45, 2.75) is 57.6 Å². The van der Waals surface area contributed by atoms with Gasteiger partial charge in [-0.2, -0.15) is 0 Å². The molecule has 0 bridgehead atoms. The smallest absolute Gasteiger partial charge is 0.264 e. The molecule has 0 saturated heterocycles. The molecular weight excluding hydrogens is 574 g/mol. The second kappa shape index (κ2) is 14.7. The Morgan fingerprint density at radius 2 is 1.43 bits per heavy atom. The van der Waals surface area contributed by atoms with E-state index in [2.05, 4.69) is 5.32 Å².